The molecule has 0 aromatic heterocycles. The summed E-state index contributed by atoms with van der Waals surface area (Å²) in [6.07, 6.45) is 11.5. The average Bonchev–Trinajstić information content (AvgIpc) is 2.90. The van der Waals surface area contributed by atoms with E-state index in [4.69, 9.17) is 12.8 Å². The number of hydrogen-bond donors (Lipinski definition) is 0. The molecule has 0 bridgehead atoms. The molecule has 1 heteroatoms. The van der Waals surface area contributed by atoms with Gasteiger partial charge in [-0.1, -0.05) is 120 Å². The van der Waals surface area contributed by atoms with Gasteiger partial charge in [-0.05, 0) is 34.6 Å². The van der Waals surface area contributed by atoms with Gasteiger partial charge in [0.2, 0.25) is 0 Å². The van der Waals surface area contributed by atoms with Crippen LogP contribution in [-0.4, -0.2) is 8.07 Å². The molecule has 4 aromatic rings. The van der Waals surface area contributed by atoms with E-state index in [2.05, 4.69) is 59.0 Å². The third-order valence-corrected chi connectivity index (χ3v) is 8.75. The van der Waals surface area contributed by atoms with E-state index < -0.39 is 8.07 Å². The van der Waals surface area contributed by atoms with Gasteiger partial charge in [-0.3, -0.25) is 0 Å². The lowest BCUT2D eigenvalue weighted by Crippen LogP contribution is -2.57. The van der Waals surface area contributed by atoms with Gasteiger partial charge in [0.1, 0.15) is 0 Å². The second kappa shape index (κ2) is 10.1. The van der Waals surface area contributed by atoms with Crippen LogP contribution in [0.3, 0.4) is 0 Å². The van der Waals surface area contributed by atoms with Gasteiger partial charge >= 0.3 is 0 Å². The molecule has 0 saturated heterocycles. The average molecular weight is 433 g/mol. The molecule has 0 aliphatic carbocycles. The molecular weight excluding hydrogens is 412 g/mol. The fourth-order valence-electron chi connectivity index (χ4n) is 3.62. The third-order valence-electron chi connectivity index (χ3n) is 5.35. The second-order valence-electron chi connectivity index (χ2n) is 7.36. The zero-order chi connectivity index (χ0) is 22.9. The molecule has 0 atom stereocenters. The van der Waals surface area contributed by atoms with Crippen molar-refractivity contribution in [2.24, 2.45) is 0 Å². The Hall–Kier alpha value is -4.66. The lowest BCUT2D eigenvalue weighted by Gasteiger charge is -2.21. The summed E-state index contributed by atoms with van der Waals surface area (Å²) < 4.78 is 0. The summed E-state index contributed by atoms with van der Waals surface area (Å²) >= 11 is 0. The highest BCUT2D eigenvalue weighted by Crippen LogP contribution is 2.10. The van der Waals surface area contributed by atoms with Crippen molar-refractivity contribution in [1.82, 2.24) is 0 Å². The van der Waals surface area contributed by atoms with Crippen molar-refractivity contribution in [3.05, 3.63) is 131 Å². The van der Waals surface area contributed by atoms with Gasteiger partial charge in [0.15, 0.2) is 0 Å². The number of terminal acetylenes is 2. The Labute approximate surface area is 197 Å². The number of rotatable bonds is 2. The SMILES string of the molecule is C#Cc1ccccc1C#C[Si](C#Cc1ccccc1C#C)(c1ccccc1)c1ccccc1. The van der Waals surface area contributed by atoms with Gasteiger partial charge in [-0.15, -0.1) is 12.8 Å². The zero-order valence-corrected chi connectivity index (χ0v) is 19.0. The van der Waals surface area contributed by atoms with Gasteiger partial charge in [0, 0.05) is 22.3 Å². The van der Waals surface area contributed by atoms with Gasteiger partial charge < -0.3 is 0 Å². The van der Waals surface area contributed by atoms with E-state index >= 15 is 0 Å². The first-order chi connectivity index (χ1) is 16.3. The zero-order valence-electron chi connectivity index (χ0n) is 18.0. The molecule has 0 spiro atoms. The highest BCUT2D eigenvalue weighted by atomic mass is 28.3. The van der Waals surface area contributed by atoms with Crippen LogP contribution in [-0.2, 0) is 0 Å². The molecule has 33 heavy (non-hydrogen) atoms. The minimum atomic E-state index is -2.84. The quantitative estimate of drug-likeness (QED) is 0.325. The molecule has 0 aliphatic rings. The second-order valence-corrected chi connectivity index (χ2v) is 10.5. The van der Waals surface area contributed by atoms with Gasteiger partial charge in [0.05, 0.1) is 0 Å². The Morgan fingerprint density at radius 2 is 0.758 bits per heavy atom. The van der Waals surface area contributed by atoms with Crippen LogP contribution in [0.15, 0.2) is 109 Å². The molecule has 0 saturated carbocycles. The van der Waals surface area contributed by atoms with Crippen molar-refractivity contribution in [3.8, 4) is 47.6 Å². The fraction of sp³-hybridized carbons (Fsp3) is 0. The maximum Gasteiger partial charge on any atom is 0.276 e. The first-order valence-electron chi connectivity index (χ1n) is 10.6. The predicted molar refractivity (Wildman–Crippen MR) is 140 cm³/mol. The Balaban J connectivity index is 2.02. The summed E-state index contributed by atoms with van der Waals surface area (Å²) in [6.45, 7) is 0. The van der Waals surface area contributed by atoms with Crippen molar-refractivity contribution in [1.29, 1.82) is 0 Å². The van der Waals surface area contributed by atoms with E-state index in [9.17, 15) is 0 Å². The van der Waals surface area contributed by atoms with E-state index in [0.717, 1.165) is 32.6 Å². The monoisotopic (exact) mass is 432 g/mol. The molecule has 0 aliphatic heterocycles. The van der Waals surface area contributed by atoms with E-state index in [1.807, 2.05) is 84.9 Å². The summed E-state index contributed by atoms with van der Waals surface area (Å²) in [5.41, 5.74) is 10.5. The van der Waals surface area contributed by atoms with Crippen LogP contribution < -0.4 is 10.4 Å². The highest BCUT2D eigenvalue weighted by molar-refractivity contribution is 7.13. The minimum absolute atomic E-state index is 0.777. The Morgan fingerprint density at radius 3 is 1.12 bits per heavy atom. The normalized spacial score (nSPS) is 9.88. The smallest absolute Gasteiger partial charge is 0.115 e. The molecule has 4 rings (SSSR count). The predicted octanol–water partition coefficient (Wildman–Crippen LogP) is 4.39. The molecule has 0 unspecified atom stereocenters. The fourth-order valence-corrected chi connectivity index (χ4v) is 6.62. The Morgan fingerprint density at radius 1 is 0.424 bits per heavy atom. The Bertz CT molecular complexity index is 1360. The molecular formula is C32H20Si. The van der Waals surface area contributed by atoms with E-state index in [1.165, 1.54) is 0 Å². The Kier molecular flexibility index (Phi) is 6.60. The van der Waals surface area contributed by atoms with Gasteiger partial charge in [-0.25, -0.2) is 0 Å². The molecule has 0 fully saturated rings. The van der Waals surface area contributed by atoms with Crippen molar-refractivity contribution < 1.29 is 0 Å². The topological polar surface area (TPSA) is 0 Å². The van der Waals surface area contributed by atoms with Crippen LogP contribution >= 0.6 is 0 Å². The molecule has 0 N–H and O–H groups in total. The number of benzene rings is 4. The van der Waals surface area contributed by atoms with Crippen LogP contribution in [0.4, 0.5) is 0 Å². The first-order valence-corrected chi connectivity index (χ1v) is 12.6. The summed E-state index contributed by atoms with van der Waals surface area (Å²) in [6, 6.07) is 36.1. The molecule has 0 radical (unpaired) electrons. The van der Waals surface area contributed by atoms with Crippen LogP contribution in [0, 0.1) is 47.6 Å². The molecule has 0 amide bonds. The van der Waals surface area contributed by atoms with E-state index in [-0.39, 0.29) is 0 Å². The van der Waals surface area contributed by atoms with Crippen LogP contribution in [0.25, 0.3) is 0 Å². The van der Waals surface area contributed by atoms with Crippen molar-refractivity contribution in [3.63, 3.8) is 0 Å². The van der Waals surface area contributed by atoms with Crippen molar-refractivity contribution >= 4 is 18.4 Å². The molecule has 4 aromatic carbocycles. The summed E-state index contributed by atoms with van der Waals surface area (Å²) in [7, 11) is -2.84. The van der Waals surface area contributed by atoms with Crippen LogP contribution in [0.1, 0.15) is 22.3 Å². The lowest BCUT2D eigenvalue weighted by atomic mass is 10.1. The largest absolute Gasteiger partial charge is 0.276 e. The van der Waals surface area contributed by atoms with Gasteiger partial charge in [0.25, 0.3) is 8.07 Å². The van der Waals surface area contributed by atoms with E-state index in [1.54, 1.807) is 0 Å². The van der Waals surface area contributed by atoms with Crippen molar-refractivity contribution in [2.75, 3.05) is 0 Å². The van der Waals surface area contributed by atoms with Crippen molar-refractivity contribution in [2.45, 2.75) is 0 Å². The summed E-state index contributed by atoms with van der Waals surface area (Å²) in [5, 5.41) is 2.24. The van der Waals surface area contributed by atoms with E-state index in [0.29, 0.717) is 0 Å². The van der Waals surface area contributed by atoms with Crippen LogP contribution in [0.2, 0.25) is 0 Å². The first kappa shape index (κ1) is 21.6. The third kappa shape index (κ3) is 4.66. The molecule has 152 valence electrons. The molecule has 0 heterocycles. The maximum absolute atomic E-state index is 5.73. The summed E-state index contributed by atoms with van der Waals surface area (Å²) in [4.78, 5) is 0. The highest BCUT2D eigenvalue weighted by Gasteiger charge is 2.34. The van der Waals surface area contributed by atoms with Gasteiger partial charge in [-0.2, -0.15) is 0 Å². The van der Waals surface area contributed by atoms with Crippen LogP contribution in [0.5, 0.6) is 0 Å². The minimum Gasteiger partial charge on any atom is -0.115 e. The maximum atomic E-state index is 5.73. The summed E-state index contributed by atoms with van der Waals surface area (Å²) in [5.74, 6) is 12.3. The molecule has 0 nitrogen and oxygen atoms in total. The number of hydrogen-bond acceptors (Lipinski definition) is 0. The standard InChI is InChI=1S/C32H20Si/c1-3-27-15-11-13-17-29(27)23-25-33(31-19-7-5-8-20-31,32-21-9-6-10-22-32)26-24-30-18-14-12-16-28(30)4-2/h1-2,5-22H. The lowest BCUT2D eigenvalue weighted by molar-refractivity contribution is 1.59.